The molecule has 21 heavy (non-hydrogen) atoms. The van der Waals surface area contributed by atoms with Gasteiger partial charge >= 0.3 is 6.03 Å². The lowest BCUT2D eigenvalue weighted by Gasteiger charge is -2.11. The topological polar surface area (TPSA) is 96.2 Å². The number of urea groups is 1. The fourth-order valence-corrected chi connectivity index (χ4v) is 1.90. The SMILES string of the molecule is C[C@@H](N)C(=O)NNC(=O)NCc1cccc2ccccc12. The van der Waals surface area contributed by atoms with Crippen molar-refractivity contribution in [3.8, 4) is 0 Å². The number of carbonyl (C=O) groups excluding carboxylic acids is 2. The summed E-state index contributed by atoms with van der Waals surface area (Å²) in [4.78, 5) is 22.8. The first-order valence-electron chi connectivity index (χ1n) is 6.64. The number of benzene rings is 2. The zero-order valence-electron chi connectivity index (χ0n) is 11.7. The van der Waals surface area contributed by atoms with Gasteiger partial charge in [-0.15, -0.1) is 0 Å². The molecule has 0 heterocycles. The van der Waals surface area contributed by atoms with Crippen LogP contribution in [0.4, 0.5) is 4.79 Å². The van der Waals surface area contributed by atoms with E-state index in [9.17, 15) is 9.59 Å². The maximum absolute atomic E-state index is 11.6. The van der Waals surface area contributed by atoms with E-state index < -0.39 is 18.0 Å². The summed E-state index contributed by atoms with van der Waals surface area (Å²) in [7, 11) is 0. The number of fused-ring (bicyclic) bond motifs is 1. The van der Waals surface area contributed by atoms with Crippen LogP contribution in [0.1, 0.15) is 12.5 Å². The van der Waals surface area contributed by atoms with Crippen molar-refractivity contribution in [3.05, 3.63) is 48.0 Å². The Kier molecular flexibility index (Phi) is 4.73. The Bertz CT molecular complexity index is 650. The average Bonchev–Trinajstić information content (AvgIpc) is 2.50. The fraction of sp³-hybridized carbons (Fsp3) is 0.200. The Morgan fingerprint density at radius 1 is 1.10 bits per heavy atom. The second-order valence-electron chi connectivity index (χ2n) is 4.72. The Morgan fingerprint density at radius 2 is 1.81 bits per heavy atom. The number of carbonyl (C=O) groups is 2. The maximum atomic E-state index is 11.6. The fourth-order valence-electron chi connectivity index (χ4n) is 1.90. The first kappa shape index (κ1) is 14.8. The molecule has 2 aromatic rings. The smallest absolute Gasteiger partial charge is 0.333 e. The summed E-state index contributed by atoms with van der Waals surface area (Å²) in [6, 6.07) is 12.7. The van der Waals surface area contributed by atoms with Crippen LogP contribution in [0, 0.1) is 0 Å². The predicted octanol–water partition coefficient (Wildman–Crippen LogP) is 1.02. The maximum Gasteiger partial charge on any atom is 0.333 e. The molecule has 2 rings (SSSR count). The summed E-state index contributed by atoms with van der Waals surface area (Å²) >= 11 is 0. The van der Waals surface area contributed by atoms with Crippen molar-refractivity contribution in [2.24, 2.45) is 5.73 Å². The molecule has 0 radical (unpaired) electrons. The van der Waals surface area contributed by atoms with Crippen LogP contribution in [0.3, 0.4) is 0 Å². The van der Waals surface area contributed by atoms with Gasteiger partial charge in [-0.3, -0.25) is 10.2 Å². The molecule has 0 spiro atoms. The number of amides is 3. The number of nitrogens with two attached hydrogens (primary N) is 1. The molecule has 110 valence electrons. The van der Waals surface area contributed by atoms with Crippen LogP contribution in [-0.2, 0) is 11.3 Å². The van der Waals surface area contributed by atoms with Crippen LogP contribution < -0.4 is 21.9 Å². The van der Waals surface area contributed by atoms with Gasteiger partial charge in [-0.1, -0.05) is 42.5 Å². The number of hydrogen-bond acceptors (Lipinski definition) is 3. The highest BCUT2D eigenvalue weighted by Crippen LogP contribution is 2.17. The Labute approximate surface area is 122 Å². The van der Waals surface area contributed by atoms with Gasteiger partial charge in [0.2, 0.25) is 0 Å². The molecule has 5 N–H and O–H groups in total. The van der Waals surface area contributed by atoms with Crippen LogP contribution in [0.15, 0.2) is 42.5 Å². The van der Waals surface area contributed by atoms with Gasteiger partial charge in [0.15, 0.2) is 0 Å². The number of rotatable bonds is 3. The van der Waals surface area contributed by atoms with Crippen molar-refractivity contribution in [2.45, 2.75) is 19.5 Å². The largest absolute Gasteiger partial charge is 0.333 e. The molecule has 6 nitrogen and oxygen atoms in total. The Balaban J connectivity index is 1.93. The van der Waals surface area contributed by atoms with Gasteiger partial charge in [-0.05, 0) is 23.3 Å². The summed E-state index contributed by atoms with van der Waals surface area (Å²) in [5.74, 6) is -0.449. The minimum Gasteiger partial charge on any atom is -0.333 e. The molecule has 0 aliphatic carbocycles. The molecule has 1 atom stereocenters. The van der Waals surface area contributed by atoms with E-state index >= 15 is 0 Å². The number of hydrogen-bond donors (Lipinski definition) is 4. The lowest BCUT2D eigenvalue weighted by atomic mass is 10.0. The Hall–Kier alpha value is -2.60. The van der Waals surface area contributed by atoms with E-state index in [-0.39, 0.29) is 0 Å². The normalized spacial score (nSPS) is 11.7. The predicted molar refractivity (Wildman–Crippen MR) is 81.1 cm³/mol. The van der Waals surface area contributed by atoms with Crippen molar-refractivity contribution < 1.29 is 9.59 Å². The Morgan fingerprint density at radius 3 is 2.57 bits per heavy atom. The monoisotopic (exact) mass is 286 g/mol. The van der Waals surface area contributed by atoms with E-state index in [0.717, 1.165) is 16.3 Å². The zero-order chi connectivity index (χ0) is 15.2. The van der Waals surface area contributed by atoms with Gasteiger partial charge in [-0.2, -0.15) is 0 Å². The van der Waals surface area contributed by atoms with E-state index in [1.807, 2.05) is 42.5 Å². The molecule has 0 aliphatic rings. The number of hydrazine groups is 1. The van der Waals surface area contributed by atoms with E-state index in [2.05, 4.69) is 16.2 Å². The van der Waals surface area contributed by atoms with Gasteiger partial charge in [0.05, 0.1) is 6.04 Å². The first-order chi connectivity index (χ1) is 10.1. The van der Waals surface area contributed by atoms with Gasteiger partial charge in [0, 0.05) is 6.54 Å². The second kappa shape index (κ2) is 6.71. The van der Waals surface area contributed by atoms with Crippen molar-refractivity contribution in [1.82, 2.24) is 16.2 Å². The van der Waals surface area contributed by atoms with Crippen LogP contribution in [0.2, 0.25) is 0 Å². The van der Waals surface area contributed by atoms with Crippen molar-refractivity contribution in [3.63, 3.8) is 0 Å². The minimum absolute atomic E-state index is 0.362. The third-order valence-corrected chi connectivity index (χ3v) is 3.03. The first-order valence-corrected chi connectivity index (χ1v) is 6.64. The molecule has 6 heteroatoms. The average molecular weight is 286 g/mol. The summed E-state index contributed by atoms with van der Waals surface area (Å²) in [6.07, 6.45) is 0. The van der Waals surface area contributed by atoms with Crippen LogP contribution >= 0.6 is 0 Å². The molecule has 2 aromatic carbocycles. The summed E-state index contributed by atoms with van der Waals surface area (Å²) in [5.41, 5.74) is 10.8. The number of nitrogens with one attached hydrogen (secondary N) is 3. The van der Waals surface area contributed by atoms with E-state index in [1.165, 1.54) is 6.92 Å². The molecule has 0 saturated heterocycles. The van der Waals surface area contributed by atoms with Crippen molar-refractivity contribution >= 4 is 22.7 Å². The quantitative estimate of drug-likeness (QED) is 0.634. The molecule has 0 saturated carbocycles. The molecule has 0 bridgehead atoms. The molecular weight excluding hydrogens is 268 g/mol. The van der Waals surface area contributed by atoms with Gasteiger partial charge < -0.3 is 11.1 Å². The van der Waals surface area contributed by atoms with Crippen molar-refractivity contribution in [2.75, 3.05) is 0 Å². The van der Waals surface area contributed by atoms with E-state index in [4.69, 9.17) is 5.73 Å². The lowest BCUT2D eigenvalue weighted by Crippen LogP contribution is -2.51. The highest BCUT2D eigenvalue weighted by atomic mass is 16.2. The zero-order valence-corrected chi connectivity index (χ0v) is 11.7. The van der Waals surface area contributed by atoms with E-state index in [0.29, 0.717) is 6.54 Å². The van der Waals surface area contributed by atoms with Crippen LogP contribution in [0.5, 0.6) is 0 Å². The van der Waals surface area contributed by atoms with Gasteiger partial charge in [-0.25, -0.2) is 10.2 Å². The van der Waals surface area contributed by atoms with Crippen molar-refractivity contribution in [1.29, 1.82) is 0 Å². The van der Waals surface area contributed by atoms with Gasteiger partial charge in [0.25, 0.3) is 5.91 Å². The molecule has 0 unspecified atom stereocenters. The lowest BCUT2D eigenvalue weighted by molar-refractivity contribution is -0.122. The third kappa shape index (κ3) is 3.93. The highest BCUT2D eigenvalue weighted by Gasteiger charge is 2.08. The second-order valence-corrected chi connectivity index (χ2v) is 4.72. The van der Waals surface area contributed by atoms with Crippen LogP contribution in [-0.4, -0.2) is 18.0 Å². The molecule has 0 aliphatic heterocycles. The molecule has 0 fully saturated rings. The molecular formula is C15H18N4O2. The van der Waals surface area contributed by atoms with E-state index in [1.54, 1.807) is 0 Å². The summed E-state index contributed by atoms with van der Waals surface area (Å²) in [6.45, 7) is 1.90. The summed E-state index contributed by atoms with van der Waals surface area (Å²) < 4.78 is 0. The molecule has 0 aromatic heterocycles. The van der Waals surface area contributed by atoms with Gasteiger partial charge in [0.1, 0.15) is 0 Å². The summed E-state index contributed by atoms with van der Waals surface area (Å²) in [5, 5.41) is 4.88. The minimum atomic E-state index is -0.677. The third-order valence-electron chi connectivity index (χ3n) is 3.03. The highest BCUT2D eigenvalue weighted by molar-refractivity contribution is 5.86. The van der Waals surface area contributed by atoms with Crippen LogP contribution in [0.25, 0.3) is 10.8 Å². The standard InChI is InChI=1S/C15H18N4O2/c1-10(16)14(20)18-19-15(21)17-9-12-7-4-6-11-5-2-3-8-13(11)12/h2-8,10H,9,16H2,1H3,(H,18,20)(H2,17,19,21)/t10-/m1/s1. The molecule has 3 amide bonds.